The van der Waals surface area contributed by atoms with Gasteiger partial charge in [0.2, 0.25) is 0 Å². The molecule has 1 atom stereocenters. The van der Waals surface area contributed by atoms with Crippen molar-refractivity contribution in [1.29, 1.82) is 0 Å². The predicted molar refractivity (Wildman–Crippen MR) is 73.2 cm³/mol. The van der Waals surface area contributed by atoms with Crippen LogP contribution in [0.15, 0.2) is 54.6 Å². The standard InChI is InChI=1S/C16H16F3N/c1-12(14-9-5-6-10-15(14)17)20-11-16(18,19)13-7-3-2-4-8-13/h2-10,12,20H,11H2,1H3/t12-/m1/s1. The largest absolute Gasteiger partial charge is 0.304 e. The molecule has 20 heavy (non-hydrogen) atoms. The number of benzene rings is 2. The van der Waals surface area contributed by atoms with Crippen LogP contribution in [0, 0.1) is 5.82 Å². The Morgan fingerprint density at radius 3 is 2.25 bits per heavy atom. The monoisotopic (exact) mass is 279 g/mol. The summed E-state index contributed by atoms with van der Waals surface area (Å²) in [6, 6.07) is 13.3. The lowest BCUT2D eigenvalue weighted by atomic mass is 10.1. The predicted octanol–water partition coefficient (Wildman–Crippen LogP) is 4.27. The van der Waals surface area contributed by atoms with E-state index in [4.69, 9.17) is 0 Å². The first kappa shape index (κ1) is 14.6. The quantitative estimate of drug-likeness (QED) is 0.862. The highest BCUT2D eigenvalue weighted by molar-refractivity contribution is 5.22. The van der Waals surface area contributed by atoms with Gasteiger partial charge in [0.25, 0.3) is 5.92 Å². The molecule has 0 saturated heterocycles. The molecule has 2 rings (SSSR count). The Labute approximate surface area is 116 Å². The minimum Gasteiger partial charge on any atom is -0.304 e. The van der Waals surface area contributed by atoms with Gasteiger partial charge in [-0.05, 0) is 13.0 Å². The molecule has 0 aliphatic carbocycles. The fraction of sp³-hybridized carbons (Fsp3) is 0.250. The molecule has 0 heterocycles. The van der Waals surface area contributed by atoms with Crippen LogP contribution in [0.2, 0.25) is 0 Å². The van der Waals surface area contributed by atoms with Gasteiger partial charge in [-0.15, -0.1) is 0 Å². The summed E-state index contributed by atoms with van der Waals surface area (Å²) in [6.07, 6.45) is 0. The number of nitrogens with one attached hydrogen (secondary N) is 1. The lowest BCUT2D eigenvalue weighted by Gasteiger charge is -2.21. The number of hydrogen-bond donors (Lipinski definition) is 1. The SMILES string of the molecule is C[C@@H](NCC(F)(F)c1ccccc1)c1ccccc1F. The van der Waals surface area contributed by atoms with Crippen LogP contribution in [0.3, 0.4) is 0 Å². The van der Waals surface area contributed by atoms with Crippen LogP contribution in [-0.4, -0.2) is 6.54 Å². The average molecular weight is 279 g/mol. The number of rotatable bonds is 5. The second kappa shape index (κ2) is 6.09. The van der Waals surface area contributed by atoms with Crippen LogP contribution in [0.5, 0.6) is 0 Å². The molecule has 0 aromatic heterocycles. The van der Waals surface area contributed by atoms with Gasteiger partial charge in [-0.25, -0.2) is 4.39 Å². The van der Waals surface area contributed by atoms with Crippen molar-refractivity contribution in [2.45, 2.75) is 18.9 Å². The Morgan fingerprint density at radius 1 is 1.00 bits per heavy atom. The first-order valence-electron chi connectivity index (χ1n) is 6.42. The summed E-state index contributed by atoms with van der Waals surface area (Å²) in [5.74, 6) is -3.38. The van der Waals surface area contributed by atoms with Crippen molar-refractivity contribution in [2.75, 3.05) is 6.54 Å². The molecule has 0 amide bonds. The summed E-state index contributed by atoms with van der Waals surface area (Å²) in [5, 5.41) is 2.69. The molecule has 2 aromatic carbocycles. The third kappa shape index (κ3) is 3.39. The van der Waals surface area contributed by atoms with Crippen molar-refractivity contribution in [2.24, 2.45) is 0 Å². The van der Waals surface area contributed by atoms with E-state index in [9.17, 15) is 13.2 Å². The highest BCUT2D eigenvalue weighted by atomic mass is 19.3. The van der Waals surface area contributed by atoms with Gasteiger partial charge in [0.15, 0.2) is 0 Å². The number of halogens is 3. The van der Waals surface area contributed by atoms with Crippen molar-refractivity contribution in [1.82, 2.24) is 5.32 Å². The molecule has 0 aliphatic rings. The fourth-order valence-electron chi connectivity index (χ4n) is 2.00. The zero-order valence-corrected chi connectivity index (χ0v) is 11.1. The molecule has 0 aliphatic heterocycles. The fourth-order valence-corrected chi connectivity index (χ4v) is 2.00. The van der Waals surface area contributed by atoms with Crippen molar-refractivity contribution in [3.63, 3.8) is 0 Å². The first-order chi connectivity index (χ1) is 9.50. The number of alkyl halides is 2. The first-order valence-corrected chi connectivity index (χ1v) is 6.42. The van der Waals surface area contributed by atoms with Crippen LogP contribution < -0.4 is 5.32 Å². The van der Waals surface area contributed by atoms with E-state index in [0.717, 1.165) is 0 Å². The zero-order chi connectivity index (χ0) is 14.6. The van der Waals surface area contributed by atoms with Crippen molar-refractivity contribution in [3.8, 4) is 0 Å². The molecule has 0 bridgehead atoms. The van der Waals surface area contributed by atoms with Crippen molar-refractivity contribution >= 4 is 0 Å². The van der Waals surface area contributed by atoms with E-state index in [2.05, 4.69) is 5.32 Å². The second-order valence-corrected chi connectivity index (χ2v) is 4.69. The molecular formula is C16H16F3N. The third-order valence-corrected chi connectivity index (χ3v) is 3.20. The van der Waals surface area contributed by atoms with Crippen LogP contribution in [0.25, 0.3) is 0 Å². The van der Waals surface area contributed by atoms with Crippen molar-refractivity contribution in [3.05, 3.63) is 71.5 Å². The maximum absolute atomic E-state index is 14.0. The molecule has 106 valence electrons. The Morgan fingerprint density at radius 2 is 1.60 bits per heavy atom. The minimum atomic E-state index is -2.99. The van der Waals surface area contributed by atoms with E-state index in [1.54, 1.807) is 43.3 Å². The Hall–Kier alpha value is -1.81. The maximum atomic E-state index is 14.0. The lowest BCUT2D eigenvalue weighted by Crippen LogP contribution is -2.32. The van der Waals surface area contributed by atoms with Crippen LogP contribution in [-0.2, 0) is 5.92 Å². The molecule has 0 spiro atoms. The zero-order valence-electron chi connectivity index (χ0n) is 11.1. The Kier molecular flexibility index (Phi) is 4.45. The van der Waals surface area contributed by atoms with Gasteiger partial charge in [-0.1, -0.05) is 48.5 Å². The molecule has 2 aromatic rings. The molecule has 1 N–H and O–H groups in total. The van der Waals surface area contributed by atoms with E-state index in [1.165, 1.54) is 18.2 Å². The second-order valence-electron chi connectivity index (χ2n) is 4.69. The van der Waals surface area contributed by atoms with E-state index < -0.39 is 24.3 Å². The molecule has 0 unspecified atom stereocenters. The van der Waals surface area contributed by atoms with E-state index in [0.29, 0.717) is 5.56 Å². The van der Waals surface area contributed by atoms with Crippen LogP contribution >= 0.6 is 0 Å². The van der Waals surface area contributed by atoms with Gasteiger partial charge in [0, 0.05) is 17.2 Å². The topological polar surface area (TPSA) is 12.0 Å². The summed E-state index contributed by atoms with van der Waals surface area (Å²) in [5.41, 5.74) is 0.338. The van der Waals surface area contributed by atoms with Gasteiger partial charge in [-0.2, -0.15) is 8.78 Å². The Bertz CT molecular complexity index is 555. The molecule has 1 nitrogen and oxygen atoms in total. The molecule has 0 saturated carbocycles. The summed E-state index contributed by atoms with van der Waals surface area (Å²) in [4.78, 5) is 0. The van der Waals surface area contributed by atoms with Gasteiger partial charge in [-0.3, -0.25) is 0 Å². The minimum absolute atomic E-state index is 0.0479. The summed E-state index contributed by atoms with van der Waals surface area (Å²) >= 11 is 0. The van der Waals surface area contributed by atoms with Gasteiger partial charge in [0.1, 0.15) is 5.82 Å². The smallest absolute Gasteiger partial charge is 0.285 e. The van der Waals surface area contributed by atoms with Gasteiger partial charge >= 0.3 is 0 Å². The summed E-state index contributed by atoms with van der Waals surface area (Å²) in [7, 11) is 0. The average Bonchev–Trinajstić information content (AvgIpc) is 2.46. The van der Waals surface area contributed by atoms with E-state index in [1.807, 2.05) is 0 Å². The highest BCUT2D eigenvalue weighted by Crippen LogP contribution is 2.28. The number of hydrogen-bond acceptors (Lipinski definition) is 1. The van der Waals surface area contributed by atoms with E-state index in [-0.39, 0.29) is 5.56 Å². The van der Waals surface area contributed by atoms with E-state index >= 15 is 0 Å². The normalized spacial score (nSPS) is 13.2. The summed E-state index contributed by atoms with van der Waals surface area (Å²) < 4.78 is 41.5. The van der Waals surface area contributed by atoms with Crippen LogP contribution in [0.4, 0.5) is 13.2 Å². The lowest BCUT2D eigenvalue weighted by molar-refractivity contribution is -0.00543. The van der Waals surface area contributed by atoms with Gasteiger partial charge in [0.05, 0.1) is 6.54 Å². The third-order valence-electron chi connectivity index (χ3n) is 3.20. The maximum Gasteiger partial charge on any atom is 0.285 e. The summed E-state index contributed by atoms with van der Waals surface area (Å²) in [6.45, 7) is 1.13. The molecule has 4 heteroatoms. The molecular weight excluding hydrogens is 263 g/mol. The molecule has 0 radical (unpaired) electrons. The van der Waals surface area contributed by atoms with Crippen LogP contribution in [0.1, 0.15) is 24.1 Å². The van der Waals surface area contributed by atoms with Crippen molar-refractivity contribution < 1.29 is 13.2 Å². The Balaban J connectivity index is 2.03. The molecule has 0 fully saturated rings. The van der Waals surface area contributed by atoms with Gasteiger partial charge < -0.3 is 5.32 Å². The highest BCUT2D eigenvalue weighted by Gasteiger charge is 2.31.